The lowest BCUT2D eigenvalue weighted by molar-refractivity contribution is 0.0942. The SMILES string of the molecule is C[C@H](/C=C/S(C)(=O)=O)NC(=O)c1cnc(N2CCC[C@H]2c2ccc(F)cc2Cl)cc1F. The average Bonchev–Trinajstić information content (AvgIpc) is 3.15. The van der Waals surface area contributed by atoms with Crippen LogP contribution in [0.15, 0.2) is 41.9 Å². The van der Waals surface area contributed by atoms with Crippen LogP contribution in [-0.4, -0.2) is 38.2 Å². The van der Waals surface area contributed by atoms with E-state index in [0.29, 0.717) is 17.4 Å². The standard InChI is InChI=1S/C21H22ClF2N3O3S/c1-13(7-9-31(2,29)30)26-21(28)16-12-25-20(11-18(16)24)27-8-3-4-19(27)15-6-5-14(23)10-17(15)22/h5-7,9-13,19H,3-4,8H2,1-2H3,(H,26,28)/b9-7+/t13-,19+/m1/s1. The minimum absolute atomic E-state index is 0.180. The number of carbonyl (C=O) groups excluding carboxylic acids is 1. The van der Waals surface area contributed by atoms with Crippen LogP contribution in [0.4, 0.5) is 14.6 Å². The number of anilines is 1. The second kappa shape index (κ2) is 9.32. The zero-order valence-electron chi connectivity index (χ0n) is 17.0. The highest BCUT2D eigenvalue weighted by molar-refractivity contribution is 7.93. The lowest BCUT2D eigenvalue weighted by atomic mass is 10.0. The second-order valence-corrected chi connectivity index (χ2v) is 9.80. The Bertz CT molecular complexity index is 1120. The molecule has 166 valence electrons. The fraction of sp³-hybridized carbons (Fsp3) is 0.333. The van der Waals surface area contributed by atoms with Crippen molar-refractivity contribution in [3.05, 3.63) is 69.7 Å². The Kier molecular flexibility index (Phi) is 6.96. The number of carbonyl (C=O) groups is 1. The van der Waals surface area contributed by atoms with Gasteiger partial charge in [-0.3, -0.25) is 4.79 Å². The van der Waals surface area contributed by atoms with E-state index in [1.807, 2.05) is 4.90 Å². The molecular weight excluding hydrogens is 448 g/mol. The molecule has 1 aromatic heterocycles. The first-order chi connectivity index (χ1) is 14.5. The summed E-state index contributed by atoms with van der Waals surface area (Å²) in [5.41, 5.74) is 0.481. The summed E-state index contributed by atoms with van der Waals surface area (Å²) in [4.78, 5) is 18.5. The Hall–Kier alpha value is -2.52. The molecule has 1 amide bonds. The zero-order chi connectivity index (χ0) is 22.8. The summed E-state index contributed by atoms with van der Waals surface area (Å²) >= 11 is 6.21. The molecule has 1 fully saturated rings. The van der Waals surface area contributed by atoms with Crippen LogP contribution < -0.4 is 10.2 Å². The summed E-state index contributed by atoms with van der Waals surface area (Å²) in [7, 11) is -3.33. The second-order valence-electron chi connectivity index (χ2n) is 7.46. The summed E-state index contributed by atoms with van der Waals surface area (Å²) in [5.74, 6) is -1.54. The number of halogens is 3. The molecule has 31 heavy (non-hydrogen) atoms. The first-order valence-electron chi connectivity index (χ1n) is 9.61. The molecule has 3 rings (SSSR count). The van der Waals surface area contributed by atoms with Crippen LogP contribution in [0, 0.1) is 11.6 Å². The van der Waals surface area contributed by atoms with Crippen LogP contribution in [0.5, 0.6) is 0 Å². The van der Waals surface area contributed by atoms with Gasteiger partial charge in [-0.2, -0.15) is 0 Å². The molecule has 2 aromatic rings. The predicted molar refractivity (Wildman–Crippen MR) is 116 cm³/mol. The number of nitrogens with one attached hydrogen (secondary N) is 1. The van der Waals surface area contributed by atoms with E-state index >= 15 is 0 Å². The third kappa shape index (κ3) is 5.80. The van der Waals surface area contributed by atoms with Crippen molar-refractivity contribution in [2.45, 2.75) is 31.8 Å². The topological polar surface area (TPSA) is 79.4 Å². The van der Waals surface area contributed by atoms with Crippen LogP contribution in [0.25, 0.3) is 0 Å². The fourth-order valence-electron chi connectivity index (χ4n) is 3.47. The van der Waals surface area contributed by atoms with Gasteiger partial charge in [0, 0.05) is 41.5 Å². The van der Waals surface area contributed by atoms with Gasteiger partial charge < -0.3 is 10.2 Å². The largest absolute Gasteiger partial charge is 0.349 e. The number of nitrogens with zero attached hydrogens (tertiary/aromatic N) is 2. The van der Waals surface area contributed by atoms with Gasteiger partial charge in [0.25, 0.3) is 5.91 Å². The van der Waals surface area contributed by atoms with Gasteiger partial charge in [0.1, 0.15) is 17.5 Å². The smallest absolute Gasteiger partial charge is 0.256 e. The Labute approximate surface area is 184 Å². The summed E-state index contributed by atoms with van der Waals surface area (Å²) < 4.78 is 50.5. The highest BCUT2D eigenvalue weighted by Gasteiger charge is 2.29. The molecule has 1 aliphatic heterocycles. The third-order valence-corrected chi connectivity index (χ3v) is 5.90. The molecule has 1 N–H and O–H groups in total. The van der Waals surface area contributed by atoms with Gasteiger partial charge in [0.15, 0.2) is 9.84 Å². The van der Waals surface area contributed by atoms with Crippen molar-refractivity contribution in [3.63, 3.8) is 0 Å². The third-order valence-electron chi connectivity index (χ3n) is 4.93. The molecule has 6 nitrogen and oxygen atoms in total. The molecule has 0 saturated carbocycles. The molecule has 1 saturated heterocycles. The fourth-order valence-corrected chi connectivity index (χ4v) is 4.29. The maximum Gasteiger partial charge on any atom is 0.256 e. The Balaban J connectivity index is 1.78. The van der Waals surface area contributed by atoms with E-state index in [2.05, 4.69) is 10.3 Å². The number of hydrogen-bond donors (Lipinski definition) is 1. The molecule has 0 unspecified atom stereocenters. The number of pyridine rings is 1. The lowest BCUT2D eigenvalue weighted by Gasteiger charge is -2.27. The van der Waals surface area contributed by atoms with E-state index in [9.17, 15) is 22.0 Å². The zero-order valence-corrected chi connectivity index (χ0v) is 18.6. The van der Waals surface area contributed by atoms with Crippen molar-refractivity contribution in [1.29, 1.82) is 0 Å². The quantitative estimate of drug-likeness (QED) is 0.691. The number of sulfone groups is 1. The Morgan fingerprint density at radius 2 is 2.10 bits per heavy atom. The Morgan fingerprint density at radius 3 is 2.74 bits per heavy atom. The van der Waals surface area contributed by atoms with Crippen LogP contribution in [-0.2, 0) is 9.84 Å². The van der Waals surface area contributed by atoms with Crippen molar-refractivity contribution in [2.75, 3.05) is 17.7 Å². The maximum absolute atomic E-state index is 14.7. The monoisotopic (exact) mass is 469 g/mol. The van der Waals surface area contributed by atoms with E-state index in [1.165, 1.54) is 24.3 Å². The molecule has 1 aromatic carbocycles. The van der Waals surface area contributed by atoms with E-state index < -0.39 is 33.4 Å². The molecule has 0 aliphatic carbocycles. The van der Waals surface area contributed by atoms with Crippen LogP contribution >= 0.6 is 11.6 Å². The van der Waals surface area contributed by atoms with Crippen molar-refractivity contribution in [2.24, 2.45) is 0 Å². The van der Waals surface area contributed by atoms with Gasteiger partial charge in [0.2, 0.25) is 0 Å². The van der Waals surface area contributed by atoms with E-state index in [0.717, 1.165) is 36.3 Å². The number of aromatic nitrogens is 1. The van der Waals surface area contributed by atoms with Crippen LogP contribution in [0.3, 0.4) is 0 Å². The van der Waals surface area contributed by atoms with E-state index in [-0.39, 0.29) is 11.6 Å². The molecule has 10 heteroatoms. The number of amides is 1. The normalized spacial score (nSPS) is 17.8. The van der Waals surface area contributed by atoms with Gasteiger partial charge in [-0.1, -0.05) is 23.7 Å². The molecule has 0 radical (unpaired) electrons. The van der Waals surface area contributed by atoms with Crippen LogP contribution in [0.2, 0.25) is 5.02 Å². The maximum atomic E-state index is 14.7. The van der Waals surface area contributed by atoms with Gasteiger partial charge in [-0.15, -0.1) is 0 Å². The predicted octanol–water partition coefficient (Wildman–Crippen LogP) is 4.03. The van der Waals surface area contributed by atoms with Crippen molar-refractivity contribution in [3.8, 4) is 0 Å². The minimum atomic E-state index is -3.33. The summed E-state index contributed by atoms with van der Waals surface area (Å²) in [6.07, 6.45) is 5.06. The molecule has 0 spiro atoms. The highest BCUT2D eigenvalue weighted by atomic mass is 35.5. The van der Waals surface area contributed by atoms with Gasteiger partial charge >= 0.3 is 0 Å². The van der Waals surface area contributed by atoms with Gasteiger partial charge in [0.05, 0.1) is 11.6 Å². The first-order valence-corrected chi connectivity index (χ1v) is 11.9. The molecular formula is C21H22ClF2N3O3S. The molecule has 0 bridgehead atoms. The van der Waals surface area contributed by atoms with Crippen LogP contribution in [0.1, 0.15) is 41.7 Å². The van der Waals surface area contributed by atoms with Crippen molar-refractivity contribution >= 4 is 33.2 Å². The van der Waals surface area contributed by atoms with E-state index in [1.54, 1.807) is 13.0 Å². The van der Waals surface area contributed by atoms with Gasteiger partial charge in [-0.25, -0.2) is 22.2 Å². The molecule has 2 atom stereocenters. The number of hydrogen-bond acceptors (Lipinski definition) is 5. The van der Waals surface area contributed by atoms with Crippen molar-refractivity contribution < 1.29 is 22.0 Å². The first kappa shape index (κ1) is 23.1. The number of rotatable bonds is 6. The lowest BCUT2D eigenvalue weighted by Crippen LogP contribution is -2.32. The molecule has 2 heterocycles. The number of benzene rings is 1. The summed E-state index contributed by atoms with van der Waals surface area (Å²) in [6, 6.07) is 4.57. The minimum Gasteiger partial charge on any atom is -0.349 e. The van der Waals surface area contributed by atoms with Crippen molar-refractivity contribution in [1.82, 2.24) is 10.3 Å². The highest BCUT2D eigenvalue weighted by Crippen LogP contribution is 2.38. The Morgan fingerprint density at radius 1 is 1.35 bits per heavy atom. The van der Waals surface area contributed by atoms with E-state index in [4.69, 9.17) is 11.6 Å². The average molecular weight is 470 g/mol. The van der Waals surface area contributed by atoms with Gasteiger partial charge in [-0.05, 0) is 37.5 Å². The summed E-state index contributed by atoms with van der Waals surface area (Å²) in [6.45, 7) is 2.18. The summed E-state index contributed by atoms with van der Waals surface area (Å²) in [5, 5.41) is 3.78. The molecule has 1 aliphatic rings.